The molecule has 0 radical (unpaired) electrons. The maximum atomic E-state index is 12.1. The number of carbonyl (C=O) groups excluding carboxylic acids is 1. The van der Waals surface area contributed by atoms with E-state index < -0.39 is 21.8 Å². The molecule has 1 fully saturated rings. The highest BCUT2D eigenvalue weighted by atomic mass is 35.5. The van der Waals surface area contributed by atoms with Gasteiger partial charge in [0.05, 0.1) is 6.20 Å². The Bertz CT molecular complexity index is 811. The molecule has 1 aromatic heterocycles. The van der Waals surface area contributed by atoms with Crippen molar-refractivity contribution in [2.45, 2.75) is 17.4 Å². The van der Waals surface area contributed by atoms with E-state index in [4.69, 9.17) is 11.6 Å². The van der Waals surface area contributed by atoms with Gasteiger partial charge >= 0.3 is 0 Å². The number of nitrogens with zero attached hydrogens (tertiary/aromatic N) is 2. The van der Waals surface area contributed by atoms with E-state index in [1.54, 1.807) is 6.07 Å². The summed E-state index contributed by atoms with van der Waals surface area (Å²) in [7, 11) is -3.99. The monoisotopic (exact) mass is 337 g/mol. The third-order valence-electron chi connectivity index (χ3n) is 3.48. The first kappa shape index (κ1) is 14.9. The Morgan fingerprint density at radius 3 is 2.73 bits per heavy atom. The molecule has 1 saturated carbocycles. The molecule has 0 saturated heterocycles. The summed E-state index contributed by atoms with van der Waals surface area (Å²) in [5.41, 5.74) is 0.862. The number of carbonyl (C=O) groups is 1. The lowest BCUT2D eigenvalue weighted by molar-refractivity contribution is -0.120. The lowest BCUT2D eigenvalue weighted by Crippen LogP contribution is -2.32. The molecule has 114 valence electrons. The average Bonchev–Trinajstić information content (AvgIpc) is 3.29. The second kappa shape index (κ2) is 5.66. The molecule has 3 rings (SSSR count). The number of nitrogens with one attached hydrogen (secondary N) is 1. The molecule has 0 unspecified atom stereocenters. The van der Waals surface area contributed by atoms with Gasteiger partial charge in [-0.1, -0.05) is 29.8 Å². The predicted octanol–water partition coefficient (Wildman–Crippen LogP) is 1.74. The standard InChI is InChI=1S/C14H12ClN3O3S/c15-12-4-2-1-3-9(12)10-7-11(10)14(19)18-22(20,21)13-8-16-5-6-17-13/h1-6,8,10-11H,7H2,(H,18,19)/t10-,11-/m0/s1. The first-order valence-corrected chi connectivity index (χ1v) is 8.42. The molecule has 1 aliphatic rings. The van der Waals surface area contributed by atoms with Gasteiger partial charge in [-0.2, -0.15) is 8.42 Å². The van der Waals surface area contributed by atoms with Crippen molar-refractivity contribution in [3.8, 4) is 0 Å². The second-order valence-electron chi connectivity index (χ2n) is 4.98. The molecular formula is C14H12ClN3O3S. The molecule has 0 aliphatic heterocycles. The molecule has 2 aromatic rings. The summed E-state index contributed by atoms with van der Waals surface area (Å²) >= 11 is 6.09. The highest BCUT2D eigenvalue weighted by Crippen LogP contribution is 2.49. The van der Waals surface area contributed by atoms with Crippen molar-refractivity contribution in [2.24, 2.45) is 5.92 Å². The number of amides is 1. The topological polar surface area (TPSA) is 89.0 Å². The Labute approximate surface area is 132 Å². The van der Waals surface area contributed by atoms with E-state index >= 15 is 0 Å². The van der Waals surface area contributed by atoms with Crippen molar-refractivity contribution >= 4 is 27.5 Å². The first-order chi connectivity index (χ1) is 10.5. The number of hydrogen-bond acceptors (Lipinski definition) is 5. The molecule has 0 spiro atoms. The summed E-state index contributed by atoms with van der Waals surface area (Å²) in [5.74, 6) is -0.993. The molecule has 2 atom stereocenters. The minimum atomic E-state index is -3.99. The van der Waals surface area contributed by atoms with E-state index in [0.717, 1.165) is 11.8 Å². The van der Waals surface area contributed by atoms with Crippen LogP contribution in [0.15, 0.2) is 47.9 Å². The lowest BCUT2D eigenvalue weighted by Gasteiger charge is -2.06. The van der Waals surface area contributed by atoms with Crippen LogP contribution in [0.25, 0.3) is 0 Å². The number of halogens is 1. The van der Waals surface area contributed by atoms with Gasteiger partial charge in [0.25, 0.3) is 10.0 Å². The molecule has 8 heteroatoms. The summed E-state index contributed by atoms with van der Waals surface area (Å²) in [6.07, 6.45) is 4.28. The minimum absolute atomic E-state index is 0.0502. The summed E-state index contributed by atoms with van der Waals surface area (Å²) in [6, 6.07) is 7.24. The summed E-state index contributed by atoms with van der Waals surface area (Å²) in [4.78, 5) is 19.5. The SMILES string of the molecule is O=C(NS(=O)(=O)c1cnccn1)[C@H]1C[C@H]1c1ccccc1Cl. The zero-order valence-corrected chi connectivity index (χ0v) is 12.9. The van der Waals surface area contributed by atoms with E-state index in [1.807, 2.05) is 22.9 Å². The highest BCUT2D eigenvalue weighted by Gasteiger charge is 2.46. The molecule has 22 heavy (non-hydrogen) atoms. The van der Waals surface area contributed by atoms with Gasteiger partial charge in [-0.3, -0.25) is 9.78 Å². The third kappa shape index (κ3) is 2.95. The van der Waals surface area contributed by atoms with Crippen LogP contribution in [0.4, 0.5) is 0 Å². The Morgan fingerprint density at radius 1 is 1.27 bits per heavy atom. The smallest absolute Gasteiger partial charge is 0.274 e. The first-order valence-electron chi connectivity index (χ1n) is 6.56. The van der Waals surface area contributed by atoms with Gasteiger partial charge in [0.2, 0.25) is 5.91 Å². The van der Waals surface area contributed by atoms with Crippen LogP contribution in [0.5, 0.6) is 0 Å². The predicted molar refractivity (Wildman–Crippen MR) is 79.7 cm³/mol. The van der Waals surface area contributed by atoms with Gasteiger partial charge in [-0.15, -0.1) is 0 Å². The van der Waals surface area contributed by atoms with Crippen LogP contribution in [-0.2, 0) is 14.8 Å². The Morgan fingerprint density at radius 2 is 2.05 bits per heavy atom. The Hall–Kier alpha value is -1.99. The third-order valence-corrected chi connectivity index (χ3v) is 5.06. The number of sulfonamides is 1. The molecular weight excluding hydrogens is 326 g/mol. The fraction of sp³-hybridized carbons (Fsp3) is 0.214. The Kier molecular flexibility index (Phi) is 3.84. The van der Waals surface area contributed by atoms with Crippen LogP contribution < -0.4 is 4.72 Å². The summed E-state index contributed by atoms with van der Waals surface area (Å²) in [5, 5.41) is 0.304. The highest BCUT2D eigenvalue weighted by molar-refractivity contribution is 7.90. The van der Waals surface area contributed by atoms with Crippen molar-refractivity contribution in [2.75, 3.05) is 0 Å². The van der Waals surface area contributed by atoms with Crippen molar-refractivity contribution < 1.29 is 13.2 Å². The van der Waals surface area contributed by atoms with Gasteiger partial charge in [-0.05, 0) is 24.0 Å². The van der Waals surface area contributed by atoms with Crippen molar-refractivity contribution in [1.29, 1.82) is 0 Å². The van der Waals surface area contributed by atoms with Crippen molar-refractivity contribution in [3.05, 3.63) is 53.4 Å². The zero-order chi connectivity index (χ0) is 15.7. The minimum Gasteiger partial charge on any atom is -0.274 e. The van der Waals surface area contributed by atoms with Crippen molar-refractivity contribution in [1.82, 2.24) is 14.7 Å². The van der Waals surface area contributed by atoms with E-state index in [2.05, 4.69) is 9.97 Å². The number of benzene rings is 1. The lowest BCUT2D eigenvalue weighted by atomic mass is 10.1. The molecule has 1 heterocycles. The summed E-state index contributed by atoms with van der Waals surface area (Å²) < 4.78 is 26.1. The Balaban J connectivity index is 1.71. The quantitative estimate of drug-likeness (QED) is 0.917. The zero-order valence-electron chi connectivity index (χ0n) is 11.3. The fourth-order valence-electron chi connectivity index (χ4n) is 2.29. The van der Waals surface area contributed by atoms with E-state index in [-0.39, 0.29) is 10.9 Å². The fourth-order valence-corrected chi connectivity index (χ4v) is 3.48. The molecule has 1 aromatic carbocycles. The molecule has 6 nitrogen and oxygen atoms in total. The van der Waals surface area contributed by atoms with Crippen LogP contribution >= 0.6 is 11.6 Å². The van der Waals surface area contributed by atoms with Gasteiger partial charge in [0.15, 0.2) is 5.03 Å². The van der Waals surface area contributed by atoms with Gasteiger partial charge in [-0.25, -0.2) is 9.71 Å². The van der Waals surface area contributed by atoms with E-state index in [9.17, 15) is 13.2 Å². The maximum absolute atomic E-state index is 12.1. The van der Waals surface area contributed by atoms with Gasteiger partial charge in [0, 0.05) is 23.3 Å². The second-order valence-corrected chi connectivity index (χ2v) is 7.02. The van der Waals surface area contributed by atoms with E-state index in [1.165, 1.54) is 12.4 Å². The van der Waals surface area contributed by atoms with Crippen LogP contribution in [-0.4, -0.2) is 24.3 Å². The van der Waals surface area contributed by atoms with Gasteiger partial charge < -0.3 is 0 Å². The van der Waals surface area contributed by atoms with Crippen LogP contribution in [0.3, 0.4) is 0 Å². The summed E-state index contributed by atoms with van der Waals surface area (Å²) in [6.45, 7) is 0. The van der Waals surface area contributed by atoms with Gasteiger partial charge in [0.1, 0.15) is 0 Å². The normalized spacial score (nSPS) is 20.4. The number of aromatic nitrogens is 2. The van der Waals surface area contributed by atoms with E-state index in [0.29, 0.717) is 11.4 Å². The average molecular weight is 338 g/mol. The molecule has 1 aliphatic carbocycles. The molecule has 1 amide bonds. The number of rotatable bonds is 4. The molecule has 1 N–H and O–H groups in total. The largest absolute Gasteiger partial charge is 0.283 e. The van der Waals surface area contributed by atoms with Crippen molar-refractivity contribution in [3.63, 3.8) is 0 Å². The van der Waals surface area contributed by atoms with Crippen LogP contribution in [0, 0.1) is 5.92 Å². The molecule has 0 bridgehead atoms. The van der Waals surface area contributed by atoms with Crippen LogP contribution in [0.1, 0.15) is 17.9 Å². The number of hydrogen-bond donors (Lipinski definition) is 1. The van der Waals surface area contributed by atoms with Crippen LogP contribution in [0.2, 0.25) is 5.02 Å². The maximum Gasteiger partial charge on any atom is 0.283 e.